The van der Waals surface area contributed by atoms with Crippen LogP contribution in [-0.2, 0) is 0 Å². The molecule has 5 aromatic rings. The molecule has 0 saturated heterocycles. The summed E-state index contributed by atoms with van der Waals surface area (Å²) in [6.07, 6.45) is 1.65. The summed E-state index contributed by atoms with van der Waals surface area (Å²) >= 11 is 1.36. The molecule has 3 heterocycles. The summed E-state index contributed by atoms with van der Waals surface area (Å²) in [6, 6.07) is 18.7. The third-order valence-corrected chi connectivity index (χ3v) is 6.55. The number of amides is 1. The summed E-state index contributed by atoms with van der Waals surface area (Å²) in [6.45, 7) is 2.00. The van der Waals surface area contributed by atoms with E-state index < -0.39 is 6.04 Å². The molecule has 3 aromatic carbocycles. The van der Waals surface area contributed by atoms with E-state index in [4.69, 9.17) is 4.42 Å². The van der Waals surface area contributed by atoms with Crippen LogP contribution in [0.5, 0.6) is 0 Å². The number of thiazole rings is 1. The topological polar surface area (TPSA) is 63.4 Å². The van der Waals surface area contributed by atoms with Crippen LogP contribution in [0.3, 0.4) is 0 Å². The fourth-order valence-electron chi connectivity index (χ4n) is 4.30. The van der Waals surface area contributed by atoms with Gasteiger partial charge in [-0.1, -0.05) is 60.2 Å². The van der Waals surface area contributed by atoms with E-state index in [0.717, 1.165) is 21.9 Å². The van der Waals surface area contributed by atoms with Gasteiger partial charge in [0.2, 0.25) is 5.76 Å². The standard InChI is InChI=1S/C25H16N2O3S/c1-14-6-8-16(9-7-14)20-19-21(28)18-11-10-15-4-2-3-5-17(15)22(18)30-23(19)24(29)27(20)25-26-12-13-31-25/h2-13,20H,1H3/t20-/m0/s1. The van der Waals surface area contributed by atoms with Gasteiger partial charge in [-0.3, -0.25) is 14.5 Å². The molecule has 0 radical (unpaired) electrons. The van der Waals surface area contributed by atoms with E-state index >= 15 is 0 Å². The molecule has 5 nitrogen and oxygen atoms in total. The third-order valence-electron chi connectivity index (χ3n) is 5.78. The first-order chi connectivity index (χ1) is 15.1. The number of rotatable bonds is 2. The van der Waals surface area contributed by atoms with Crippen LogP contribution < -0.4 is 10.3 Å². The Balaban J connectivity index is 1.70. The van der Waals surface area contributed by atoms with Crippen molar-refractivity contribution < 1.29 is 9.21 Å². The normalized spacial score (nSPS) is 15.7. The smallest absolute Gasteiger partial charge is 0.297 e. The highest BCUT2D eigenvalue weighted by Crippen LogP contribution is 2.42. The Labute approximate surface area is 181 Å². The molecule has 0 unspecified atom stereocenters. The first kappa shape index (κ1) is 18.0. The highest BCUT2D eigenvalue weighted by Gasteiger charge is 2.44. The zero-order valence-corrected chi connectivity index (χ0v) is 17.3. The maximum atomic E-state index is 13.7. The molecule has 31 heavy (non-hydrogen) atoms. The Morgan fingerprint density at radius 1 is 0.968 bits per heavy atom. The van der Waals surface area contributed by atoms with Crippen molar-refractivity contribution in [1.82, 2.24) is 4.98 Å². The minimum Gasteiger partial charge on any atom is -0.450 e. The van der Waals surface area contributed by atoms with E-state index in [9.17, 15) is 9.59 Å². The van der Waals surface area contributed by atoms with Gasteiger partial charge in [-0.05, 0) is 23.9 Å². The van der Waals surface area contributed by atoms with Crippen molar-refractivity contribution in [2.75, 3.05) is 4.90 Å². The molecule has 1 atom stereocenters. The van der Waals surface area contributed by atoms with E-state index in [-0.39, 0.29) is 17.1 Å². The number of hydrogen-bond acceptors (Lipinski definition) is 5. The third kappa shape index (κ3) is 2.58. The van der Waals surface area contributed by atoms with Crippen LogP contribution in [0.4, 0.5) is 5.13 Å². The van der Waals surface area contributed by atoms with Crippen molar-refractivity contribution in [3.63, 3.8) is 0 Å². The van der Waals surface area contributed by atoms with Gasteiger partial charge in [-0.2, -0.15) is 0 Å². The second-order valence-corrected chi connectivity index (χ2v) is 8.51. The highest BCUT2D eigenvalue weighted by molar-refractivity contribution is 7.13. The van der Waals surface area contributed by atoms with Crippen LogP contribution >= 0.6 is 11.3 Å². The van der Waals surface area contributed by atoms with Crippen LogP contribution in [-0.4, -0.2) is 10.9 Å². The Kier molecular flexibility index (Phi) is 3.85. The monoisotopic (exact) mass is 424 g/mol. The number of anilines is 1. The zero-order chi connectivity index (χ0) is 21.1. The zero-order valence-electron chi connectivity index (χ0n) is 16.5. The highest BCUT2D eigenvalue weighted by atomic mass is 32.1. The summed E-state index contributed by atoms with van der Waals surface area (Å²) in [5.41, 5.74) is 2.58. The lowest BCUT2D eigenvalue weighted by atomic mass is 9.97. The van der Waals surface area contributed by atoms with E-state index in [2.05, 4.69) is 4.98 Å². The van der Waals surface area contributed by atoms with Crippen molar-refractivity contribution in [3.05, 3.63) is 105 Å². The van der Waals surface area contributed by atoms with Crippen molar-refractivity contribution in [2.24, 2.45) is 0 Å². The predicted molar refractivity (Wildman–Crippen MR) is 122 cm³/mol. The fraction of sp³-hybridized carbons (Fsp3) is 0.0800. The molecule has 0 fully saturated rings. The Morgan fingerprint density at radius 3 is 2.55 bits per heavy atom. The number of nitrogens with zero attached hydrogens (tertiary/aromatic N) is 2. The molecule has 1 aliphatic heterocycles. The SMILES string of the molecule is Cc1ccc([C@H]2c3c(oc4c(ccc5ccccc54)c3=O)C(=O)N2c2nccs2)cc1. The van der Waals surface area contributed by atoms with Crippen LogP contribution in [0.25, 0.3) is 21.7 Å². The van der Waals surface area contributed by atoms with E-state index in [0.29, 0.717) is 21.7 Å². The molecule has 1 amide bonds. The van der Waals surface area contributed by atoms with Gasteiger partial charge in [0.05, 0.1) is 17.0 Å². The van der Waals surface area contributed by atoms with Crippen molar-refractivity contribution in [3.8, 4) is 0 Å². The van der Waals surface area contributed by atoms with Gasteiger partial charge in [-0.25, -0.2) is 4.98 Å². The molecular weight excluding hydrogens is 408 g/mol. The molecule has 6 heteroatoms. The van der Waals surface area contributed by atoms with Gasteiger partial charge in [0, 0.05) is 17.0 Å². The lowest BCUT2D eigenvalue weighted by molar-refractivity contribution is 0.0971. The van der Waals surface area contributed by atoms with E-state index in [1.54, 1.807) is 17.2 Å². The number of aryl methyl sites for hydroxylation is 1. The van der Waals surface area contributed by atoms with Crippen molar-refractivity contribution in [1.29, 1.82) is 0 Å². The minimum atomic E-state index is -0.582. The van der Waals surface area contributed by atoms with Crippen LogP contribution in [0.2, 0.25) is 0 Å². The average molecular weight is 424 g/mol. The lowest BCUT2D eigenvalue weighted by Gasteiger charge is -2.22. The average Bonchev–Trinajstić information content (AvgIpc) is 3.41. The molecule has 0 spiro atoms. The second-order valence-electron chi connectivity index (χ2n) is 7.64. The number of carbonyl (C=O) groups excluding carboxylic acids is 1. The number of hydrogen-bond donors (Lipinski definition) is 0. The van der Waals surface area contributed by atoms with E-state index in [1.807, 2.05) is 66.9 Å². The van der Waals surface area contributed by atoms with Gasteiger partial charge in [0.25, 0.3) is 5.91 Å². The number of benzene rings is 3. The van der Waals surface area contributed by atoms with Crippen LogP contribution in [0.1, 0.15) is 33.3 Å². The molecule has 0 N–H and O–H groups in total. The van der Waals surface area contributed by atoms with Crippen LogP contribution in [0, 0.1) is 6.92 Å². The molecule has 0 saturated carbocycles. The Bertz CT molecular complexity index is 1540. The maximum Gasteiger partial charge on any atom is 0.297 e. The van der Waals surface area contributed by atoms with Gasteiger partial charge in [0.15, 0.2) is 10.6 Å². The molecule has 2 aromatic heterocycles. The second kappa shape index (κ2) is 6.62. The van der Waals surface area contributed by atoms with Crippen LogP contribution in [0.15, 0.2) is 81.5 Å². The lowest BCUT2D eigenvalue weighted by Crippen LogP contribution is -2.29. The fourth-order valence-corrected chi connectivity index (χ4v) is 4.96. The molecule has 0 aliphatic carbocycles. The minimum absolute atomic E-state index is 0.0922. The predicted octanol–water partition coefficient (Wildman–Crippen LogP) is 5.46. The van der Waals surface area contributed by atoms with Gasteiger partial charge < -0.3 is 4.42 Å². The summed E-state index contributed by atoms with van der Waals surface area (Å²) in [7, 11) is 0. The quantitative estimate of drug-likeness (QED) is 0.353. The summed E-state index contributed by atoms with van der Waals surface area (Å²) in [5, 5.41) is 4.60. The molecule has 6 rings (SSSR count). The Hall–Kier alpha value is -3.77. The number of fused-ring (bicyclic) bond motifs is 4. The molecular formula is C25H16N2O3S. The molecule has 150 valence electrons. The van der Waals surface area contributed by atoms with Gasteiger partial charge in [0.1, 0.15) is 5.58 Å². The molecule has 1 aliphatic rings. The largest absolute Gasteiger partial charge is 0.450 e. The first-order valence-electron chi connectivity index (χ1n) is 9.91. The summed E-state index contributed by atoms with van der Waals surface area (Å²) in [5.74, 6) is -0.253. The summed E-state index contributed by atoms with van der Waals surface area (Å²) < 4.78 is 6.20. The Morgan fingerprint density at radius 2 is 1.77 bits per heavy atom. The van der Waals surface area contributed by atoms with Crippen molar-refractivity contribution >= 4 is 44.1 Å². The first-order valence-corrected chi connectivity index (χ1v) is 10.8. The van der Waals surface area contributed by atoms with Crippen molar-refractivity contribution in [2.45, 2.75) is 13.0 Å². The summed E-state index contributed by atoms with van der Waals surface area (Å²) in [4.78, 5) is 33.2. The van der Waals surface area contributed by atoms with E-state index in [1.165, 1.54) is 11.3 Å². The number of aromatic nitrogens is 1. The number of carbonyl (C=O) groups is 1. The van der Waals surface area contributed by atoms with Gasteiger partial charge in [-0.15, -0.1) is 11.3 Å². The maximum absolute atomic E-state index is 13.7. The van der Waals surface area contributed by atoms with Gasteiger partial charge >= 0.3 is 0 Å². The molecule has 0 bridgehead atoms.